The number of piperidine rings is 1. The summed E-state index contributed by atoms with van der Waals surface area (Å²) in [6, 6.07) is 0. The highest BCUT2D eigenvalue weighted by atomic mass is 32.2. The second-order valence-corrected chi connectivity index (χ2v) is 7.27. The number of thioether (sulfide) groups is 1. The van der Waals surface area contributed by atoms with E-state index in [1.54, 1.807) is 18.7 Å². The van der Waals surface area contributed by atoms with E-state index < -0.39 is 18.0 Å². The lowest BCUT2D eigenvalue weighted by molar-refractivity contribution is -0.158. The largest absolute Gasteiger partial charge is 0.457 e. The summed E-state index contributed by atoms with van der Waals surface area (Å²) in [7, 11) is 0. The van der Waals surface area contributed by atoms with Crippen molar-refractivity contribution in [2.24, 2.45) is 11.8 Å². The van der Waals surface area contributed by atoms with Gasteiger partial charge < -0.3 is 15.2 Å². The molecule has 23 heavy (non-hydrogen) atoms. The number of nitrogens with zero attached hydrogens (tertiary/aromatic N) is 1. The van der Waals surface area contributed by atoms with Gasteiger partial charge >= 0.3 is 5.97 Å². The maximum atomic E-state index is 12.5. The number of allylic oxidation sites excluding steroid dienone is 1. The van der Waals surface area contributed by atoms with Gasteiger partial charge in [-0.15, -0.1) is 11.8 Å². The maximum absolute atomic E-state index is 12.5. The number of rotatable bonds is 5. The normalized spacial score (nSPS) is 29.1. The van der Waals surface area contributed by atoms with Crippen LogP contribution in [0, 0.1) is 11.8 Å². The van der Waals surface area contributed by atoms with E-state index in [-0.39, 0.29) is 23.8 Å². The Morgan fingerprint density at radius 1 is 1.57 bits per heavy atom. The maximum Gasteiger partial charge on any atom is 0.356 e. The summed E-state index contributed by atoms with van der Waals surface area (Å²) in [5.41, 5.74) is 0.385. The molecule has 3 aliphatic rings. The highest BCUT2D eigenvalue weighted by Gasteiger charge is 2.58. The summed E-state index contributed by atoms with van der Waals surface area (Å²) in [5.74, 6) is -0.834. The van der Waals surface area contributed by atoms with Gasteiger partial charge in [-0.2, -0.15) is 0 Å². The lowest BCUT2D eigenvalue weighted by atomic mass is 9.91. The number of carbonyl (C=O) groups is 2. The number of ether oxygens (including phenoxy) is 1. The van der Waals surface area contributed by atoms with Crippen LogP contribution in [0.4, 0.5) is 0 Å². The molecule has 0 aromatic heterocycles. The Morgan fingerprint density at radius 2 is 2.26 bits per heavy atom. The third kappa shape index (κ3) is 2.81. The van der Waals surface area contributed by atoms with Gasteiger partial charge in [-0.3, -0.25) is 9.69 Å². The van der Waals surface area contributed by atoms with Crippen LogP contribution in [0.3, 0.4) is 0 Å². The fraction of sp³-hybridized carbons (Fsp3) is 0.625. The van der Waals surface area contributed by atoms with Gasteiger partial charge in [0.15, 0.2) is 0 Å². The molecule has 1 unspecified atom stereocenters. The van der Waals surface area contributed by atoms with E-state index in [1.807, 2.05) is 0 Å². The molecule has 7 heteroatoms. The second-order valence-electron chi connectivity index (χ2n) is 6.11. The zero-order valence-corrected chi connectivity index (χ0v) is 14.0. The number of fused-ring (bicyclic) bond motifs is 1. The SMILES string of the molecule is C=CCOC(=O)C1=C(C2CCNCC2)S[C@@H]2[C@@H](C(C)O)C(=O)N12. The number of esters is 1. The average Bonchev–Trinajstić information content (AvgIpc) is 2.88. The second kappa shape index (κ2) is 6.67. The number of nitrogens with one attached hydrogen (secondary N) is 1. The predicted octanol–water partition coefficient (Wildman–Crippen LogP) is 0.839. The van der Waals surface area contributed by atoms with Crippen molar-refractivity contribution in [2.75, 3.05) is 19.7 Å². The average molecular weight is 338 g/mol. The van der Waals surface area contributed by atoms with Crippen LogP contribution in [-0.2, 0) is 14.3 Å². The van der Waals surface area contributed by atoms with E-state index in [1.165, 1.54) is 11.0 Å². The predicted molar refractivity (Wildman–Crippen MR) is 87.2 cm³/mol. The molecule has 3 aliphatic heterocycles. The van der Waals surface area contributed by atoms with Gasteiger partial charge in [-0.05, 0) is 38.8 Å². The summed E-state index contributed by atoms with van der Waals surface area (Å²) in [6.07, 6.45) is 2.68. The van der Waals surface area contributed by atoms with Crippen LogP contribution in [-0.4, -0.2) is 53.1 Å². The Bertz CT molecular complexity index is 554. The molecule has 0 saturated carbocycles. The minimum atomic E-state index is -0.714. The van der Waals surface area contributed by atoms with Crippen molar-refractivity contribution in [1.29, 1.82) is 0 Å². The van der Waals surface area contributed by atoms with Gasteiger partial charge in [0.1, 0.15) is 17.7 Å². The Kier molecular flexibility index (Phi) is 4.79. The molecule has 3 rings (SSSR count). The molecule has 0 aromatic carbocycles. The summed E-state index contributed by atoms with van der Waals surface area (Å²) in [6.45, 7) is 7.10. The molecule has 126 valence electrons. The zero-order valence-electron chi connectivity index (χ0n) is 13.2. The first-order chi connectivity index (χ1) is 11.1. The highest BCUT2D eigenvalue weighted by molar-refractivity contribution is 8.04. The number of hydrogen-bond donors (Lipinski definition) is 2. The number of hydrogen-bond acceptors (Lipinski definition) is 6. The minimum absolute atomic E-state index is 0.124. The molecule has 0 aliphatic carbocycles. The topological polar surface area (TPSA) is 78.9 Å². The van der Waals surface area contributed by atoms with Crippen molar-refractivity contribution in [1.82, 2.24) is 10.2 Å². The highest BCUT2D eigenvalue weighted by Crippen LogP contribution is 2.53. The van der Waals surface area contributed by atoms with E-state index in [0.717, 1.165) is 30.8 Å². The first-order valence-electron chi connectivity index (χ1n) is 7.97. The van der Waals surface area contributed by atoms with Gasteiger partial charge in [0, 0.05) is 4.91 Å². The van der Waals surface area contributed by atoms with E-state index >= 15 is 0 Å². The standard InChI is InChI=1S/C16H22N2O4S/c1-3-8-22-16(21)12-13(10-4-6-17-7-5-10)23-15-11(9(2)19)14(20)18(12)15/h3,9-11,15,17,19H,1,4-8H2,2H3/t9?,11-,15+/m0/s1. The molecule has 6 nitrogen and oxygen atoms in total. The van der Waals surface area contributed by atoms with Crippen molar-refractivity contribution < 1.29 is 19.4 Å². The lowest BCUT2D eigenvalue weighted by Gasteiger charge is -2.43. The molecule has 0 spiro atoms. The van der Waals surface area contributed by atoms with E-state index in [4.69, 9.17) is 4.74 Å². The number of aliphatic hydroxyl groups excluding tert-OH is 1. The Balaban J connectivity index is 1.88. The first kappa shape index (κ1) is 16.5. The Morgan fingerprint density at radius 3 is 2.87 bits per heavy atom. The molecule has 1 amide bonds. The number of amides is 1. The van der Waals surface area contributed by atoms with Crippen molar-refractivity contribution in [2.45, 2.75) is 31.2 Å². The van der Waals surface area contributed by atoms with Crippen LogP contribution in [0.2, 0.25) is 0 Å². The summed E-state index contributed by atoms with van der Waals surface area (Å²) >= 11 is 1.55. The van der Waals surface area contributed by atoms with Crippen LogP contribution in [0.1, 0.15) is 19.8 Å². The fourth-order valence-electron chi connectivity index (χ4n) is 3.37. The molecule has 2 N–H and O–H groups in total. The smallest absolute Gasteiger partial charge is 0.356 e. The third-order valence-electron chi connectivity index (χ3n) is 4.56. The third-order valence-corrected chi connectivity index (χ3v) is 6.09. The quantitative estimate of drug-likeness (QED) is 0.439. The summed E-state index contributed by atoms with van der Waals surface area (Å²) in [5, 5.41) is 13.0. The zero-order chi connectivity index (χ0) is 16.6. The molecule has 2 saturated heterocycles. The van der Waals surface area contributed by atoms with Crippen LogP contribution in [0.5, 0.6) is 0 Å². The van der Waals surface area contributed by atoms with Crippen molar-refractivity contribution in [3.8, 4) is 0 Å². The van der Waals surface area contributed by atoms with Crippen molar-refractivity contribution in [3.63, 3.8) is 0 Å². The summed E-state index contributed by atoms with van der Waals surface area (Å²) in [4.78, 5) is 27.3. The van der Waals surface area contributed by atoms with Gasteiger partial charge in [0.05, 0.1) is 12.0 Å². The summed E-state index contributed by atoms with van der Waals surface area (Å²) < 4.78 is 5.19. The van der Waals surface area contributed by atoms with Crippen molar-refractivity contribution >= 4 is 23.6 Å². The van der Waals surface area contributed by atoms with E-state index in [2.05, 4.69) is 11.9 Å². The molecule has 0 radical (unpaired) electrons. The lowest BCUT2D eigenvalue weighted by Crippen LogP contribution is -2.60. The van der Waals surface area contributed by atoms with Crippen molar-refractivity contribution in [3.05, 3.63) is 23.3 Å². The van der Waals surface area contributed by atoms with Crippen LogP contribution in [0.25, 0.3) is 0 Å². The molecule has 0 bridgehead atoms. The fourth-order valence-corrected chi connectivity index (χ4v) is 5.16. The molecule has 2 fully saturated rings. The molecule has 3 heterocycles. The molecular formula is C16H22N2O4S. The van der Waals surface area contributed by atoms with Crippen LogP contribution < -0.4 is 5.32 Å². The van der Waals surface area contributed by atoms with E-state index in [9.17, 15) is 14.7 Å². The minimum Gasteiger partial charge on any atom is -0.457 e. The van der Waals surface area contributed by atoms with Gasteiger partial charge in [0.2, 0.25) is 5.91 Å². The van der Waals surface area contributed by atoms with Gasteiger partial charge in [0.25, 0.3) is 0 Å². The number of aliphatic hydroxyl groups is 1. The Hall–Kier alpha value is -1.31. The monoisotopic (exact) mass is 338 g/mol. The molecule has 3 atom stereocenters. The number of β-lactam (4-membered cyclic amide) rings is 1. The van der Waals surface area contributed by atoms with E-state index in [0.29, 0.717) is 5.70 Å². The molecular weight excluding hydrogens is 316 g/mol. The number of carbonyl (C=O) groups excluding carboxylic acids is 2. The van der Waals surface area contributed by atoms with Gasteiger partial charge in [-0.25, -0.2) is 4.79 Å². The molecule has 0 aromatic rings. The Labute approximate surface area is 139 Å². The van der Waals surface area contributed by atoms with Crippen LogP contribution in [0.15, 0.2) is 23.3 Å². The van der Waals surface area contributed by atoms with Crippen LogP contribution >= 0.6 is 11.8 Å². The van der Waals surface area contributed by atoms with Gasteiger partial charge in [-0.1, -0.05) is 12.7 Å². The first-order valence-corrected chi connectivity index (χ1v) is 8.85.